The molecule has 0 amide bonds. The molecule has 0 unspecified atom stereocenters. The Morgan fingerprint density at radius 1 is 0.846 bits per heavy atom. The third-order valence-corrected chi connectivity index (χ3v) is 3.38. The van der Waals surface area contributed by atoms with Gasteiger partial charge in [0.05, 0.1) is 0 Å². The Morgan fingerprint density at radius 2 is 1.27 bits per heavy atom. The van der Waals surface area contributed by atoms with E-state index in [9.17, 15) is 17.3 Å². The predicted octanol–water partition coefficient (Wildman–Crippen LogP) is 5.09. The SMILES string of the molecule is CC[n+]1ccc(/C=C/C=C/c2ccc(N(C)C)cc2)cc1.F[B-](F)(F)F. The first-order valence-corrected chi connectivity index (χ1v) is 8.17. The number of hydrogen-bond donors (Lipinski definition) is 0. The smallest absolute Gasteiger partial charge is 0.418 e. The monoisotopic (exact) mass is 366 g/mol. The lowest BCUT2D eigenvalue weighted by Crippen LogP contribution is -2.30. The number of allylic oxidation sites excluding steroid dienone is 2. The van der Waals surface area contributed by atoms with Crippen LogP contribution in [-0.2, 0) is 6.54 Å². The summed E-state index contributed by atoms with van der Waals surface area (Å²) in [7, 11) is -1.90. The van der Waals surface area contributed by atoms with Gasteiger partial charge in [-0.1, -0.05) is 36.4 Å². The van der Waals surface area contributed by atoms with E-state index in [-0.39, 0.29) is 0 Å². The summed E-state index contributed by atoms with van der Waals surface area (Å²) in [5, 5.41) is 0. The summed E-state index contributed by atoms with van der Waals surface area (Å²) in [6.07, 6.45) is 12.6. The Kier molecular flexibility index (Phi) is 8.62. The van der Waals surface area contributed by atoms with Crippen molar-refractivity contribution in [2.75, 3.05) is 19.0 Å². The van der Waals surface area contributed by atoms with Crippen LogP contribution in [0.3, 0.4) is 0 Å². The second-order valence-corrected chi connectivity index (χ2v) is 5.66. The molecule has 1 aromatic heterocycles. The molecule has 140 valence electrons. The van der Waals surface area contributed by atoms with Crippen LogP contribution >= 0.6 is 0 Å². The maximum Gasteiger partial charge on any atom is 0.673 e. The molecular weight excluding hydrogens is 343 g/mol. The van der Waals surface area contributed by atoms with Crippen LogP contribution in [0.5, 0.6) is 0 Å². The molecule has 0 aliphatic carbocycles. The van der Waals surface area contributed by atoms with Crippen LogP contribution in [0, 0.1) is 0 Å². The summed E-state index contributed by atoms with van der Waals surface area (Å²) in [6, 6.07) is 12.8. The summed E-state index contributed by atoms with van der Waals surface area (Å²) >= 11 is 0. The number of benzene rings is 1. The van der Waals surface area contributed by atoms with Crippen molar-refractivity contribution in [3.8, 4) is 0 Å². The second-order valence-electron chi connectivity index (χ2n) is 5.66. The lowest BCUT2D eigenvalue weighted by atomic mass is 10.2. The van der Waals surface area contributed by atoms with E-state index < -0.39 is 7.25 Å². The molecule has 0 aliphatic rings. The molecule has 2 rings (SSSR count). The number of aryl methyl sites for hydroxylation is 1. The first kappa shape index (κ1) is 21.5. The molecule has 0 N–H and O–H groups in total. The van der Waals surface area contributed by atoms with Crippen molar-refractivity contribution in [1.29, 1.82) is 0 Å². The number of rotatable bonds is 5. The molecule has 0 bridgehead atoms. The Bertz CT molecular complexity index is 700. The van der Waals surface area contributed by atoms with Crippen LogP contribution in [0.1, 0.15) is 18.1 Å². The molecule has 2 aromatic rings. The van der Waals surface area contributed by atoms with E-state index in [4.69, 9.17) is 0 Å². The van der Waals surface area contributed by atoms with Gasteiger partial charge < -0.3 is 22.2 Å². The Labute approximate surface area is 152 Å². The van der Waals surface area contributed by atoms with Crippen molar-refractivity contribution in [3.63, 3.8) is 0 Å². The summed E-state index contributed by atoms with van der Waals surface area (Å²) in [6.45, 7) is 3.15. The van der Waals surface area contributed by atoms with Gasteiger partial charge >= 0.3 is 7.25 Å². The number of pyridine rings is 1. The van der Waals surface area contributed by atoms with Crippen molar-refractivity contribution in [1.82, 2.24) is 0 Å². The minimum Gasteiger partial charge on any atom is -0.418 e. The summed E-state index contributed by atoms with van der Waals surface area (Å²) in [5.41, 5.74) is 3.64. The number of hydrogen-bond acceptors (Lipinski definition) is 1. The van der Waals surface area contributed by atoms with Crippen LogP contribution in [0.4, 0.5) is 23.0 Å². The molecule has 0 saturated heterocycles. The number of anilines is 1. The van der Waals surface area contributed by atoms with Crippen molar-refractivity contribution < 1.29 is 21.8 Å². The lowest BCUT2D eigenvalue weighted by molar-refractivity contribution is -0.693. The van der Waals surface area contributed by atoms with Crippen molar-refractivity contribution >= 4 is 25.1 Å². The number of nitrogens with zero attached hydrogens (tertiary/aromatic N) is 2. The average molecular weight is 366 g/mol. The van der Waals surface area contributed by atoms with Crippen LogP contribution in [0.2, 0.25) is 0 Å². The van der Waals surface area contributed by atoms with E-state index in [0.717, 1.165) is 6.54 Å². The minimum atomic E-state index is -6.00. The van der Waals surface area contributed by atoms with Gasteiger partial charge in [-0.25, -0.2) is 4.57 Å². The highest BCUT2D eigenvalue weighted by atomic mass is 19.5. The van der Waals surface area contributed by atoms with Crippen molar-refractivity contribution in [3.05, 3.63) is 72.1 Å². The highest BCUT2D eigenvalue weighted by Crippen LogP contribution is 2.13. The molecular formula is C19H23BF4N2. The van der Waals surface area contributed by atoms with E-state index >= 15 is 0 Å². The van der Waals surface area contributed by atoms with Gasteiger partial charge in [-0.05, 0) is 30.2 Å². The van der Waals surface area contributed by atoms with Gasteiger partial charge in [0, 0.05) is 31.9 Å². The highest BCUT2D eigenvalue weighted by Gasteiger charge is 2.20. The highest BCUT2D eigenvalue weighted by molar-refractivity contribution is 6.50. The molecule has 1 aromatic carbocycles. The maximum atomic E-state index is 9.75. The van der Waals surface area contributed by atoms with Crippen LogP contribution in [-0.4, -0.2) is 21.3 Å². The zero-order valence-corrected chi connectivity index (χ0v) is 15.1. The standard InChI is InChI=1S/C19H23N2.BF4/c1-4-21-15-13-18(14-16-21)8-6-5-7-17-9-11-19(12-10-17)20(2)3;2-1(3,4)5/h5-16H,4H2,1-3H3;/q+1;-1. The summed E-state index contributed by atoms with van der Waals surface area (Å²) < 4.78 is 41.2. The van der Waals surface area contributed by atoms with E-state index in [0.29, 0.717) is 0 Å². The molecule has 0 saturated carbocycles. The first-order chi connectivity index (χ1) is 12.2. The molecule has 26 heavy (non-hydrogen) atoms. The third-order valence-electron chi connectivity index (χ3n) is 3.38. The Balaban J connectivity index is 0.000000597. The molecule has 0 spiro atoms. The van der Waals surface area contributed by atoms with Crippen molar-refractivity contribution in [2.24, 2.45) is 0 Å². The molecule has 2 nitrogen and oxygen atoms in total. The summed E-state index contributed by atoms with van der Waals surface area (Å²) in [5.74, 6) is 0. The van der Waals surface area contributed by atoms with E-state index in [1.54, 1.807) is 0 Å². The van der Waals surface area contributed by atoms with E-state index in [2.05, 4.69) is 104 Å². The fraction of sp³-hybridized carbons (Fsp3) is 0.211. The predicted molar refractivity (Wildman–Crippen MR) is 101 cm³/mol. The molecule has 0 radical (unpaired) electrons. The molecule has 1 heterocycles. The largest absolute Gasteiger partial charge is 0.673 e. The minimum absolute atomic E-state index is 1.01. The first-order valence-electron chi connectivity index (χ1n) is 8.17. The van der Waals surface area contributed by atoms with E-state index in [1.165, 1.54) is 16.8 Å². The van der Waals surface area contributed by atoms with E-state index in [1.807, 2.05) is 0 Å². The number of halogens is 4. The van der Waals surface area contributed by atoms with Gasteiger partial charge in [-0.2, -0.15) is 0 Å². The zero-order valence-electron chi connectivity index (χ0n) is 15.1. The quantitative estimate of drug-likeness (QED) is 0.310. The zero-order chi connectivity index (χ0) is 19.6. The van der Waals surface area contributed by atoms with Crippen LogP contribution in [0.25, 0.3) is 12.2 Å². The molecule has 0 fully saturated rings. The Hall–Kier alpha value is -2.57. The van der Waals surface area contributed by atoms with Crippen LogP contribution in [0.15, 0.2) is 60.9 Å². The fourth-order valence-corrected chi connectivity index (χ4v) is 2.01. The number of aromatic nitrogens is 1. The normalized spacial score (nSPS) is 11.5. The molecule has 7 heteroatoms. The Morgan fingerprint density at radius 3 is 1.65 bits per heavy atom. The second kappa shape index (κ2) is 10.4. The maximum absolute atomic E-state index is 9.75. The third kappa shape index (κ3) is 9.66. The lowest BCUT2D eigenvalue weighted by Gasteiger charge is -2.11. The summed E-state index contributed by atoms with van der Waals surface area (Å²) in [4.78, 5) is 2.10. The van der Waals surface area contributed by atoms with Gasteiger partial charge in [0.25, 0.3) is 0 Å². The van der Waals surface area contributed by atoms with Crippen molar-refractivity contribution in [2.45, 2.75) is 13.5 Å². The fourth-order valence-electron chi connectivity index (χ4n) is 2.01. The van der Waals surface area contributed by atoms with Gasteiger partial charge in [0.1, 0.15) is 6.54 Å². The van der Waals surface area contributed by atoms with Crippen LogP contribution < -0.4 is 9.47 Å². The molecule has 0 aliphatic heterocycles. The van der Waals surface area contributed by atoms with Gasteiger partial charge in [-0.3, -0.25) is 0 Å². The van der Waals surface area contributed by atoms with Gasteiger partial charge in [0.2, 0.25) is 0 Å². The topological polar surface area (TPSA) is 7.12 Å². The van der Waals surface area contributed by atoms with Gasteiger partial charge in [-0.15, -0.1) is 0 Å². The molecule has 0 atom stereocenters. The average Bonchev–Trinajstić information content (AvgIpc) is 2.58. The van der Waals surface area contributed by atoms with Gasteiger partial charge in [0.15, 0.2) is 12.4 Å².